The predicted molar refractivity (Wildman–Crippen MR) is 93.9 cm³/mol. The van der Waals surface area contributed by atoms with E-state index in [1.54, 1.807) is 30.5 Å². The number of anilines is 2. The highest BCUT2D eigenvalue weighted by molar-refractivity contribution is 5.88. The Bertz CT molecular complexity index is 711. The second kappa shape index (κ2) is 8.47. The summed E-state index contributed by atoms with van der Waals surface area (Å²) in [6, 6.07) is 4.74. The van der Waals surface area contributed by atoms with Gasteiger partial charge < -0.3 is 9.73 Å². The maximum absolute atomic E-state index is 11.9. The molecule has 24 heavy (non-hydrogen) atoms. The van der Waals surface area contributed by atoms with E-state index in [-0.39, 0.29) is 6.03 Å². The van der Waals surface area contributed by atoms with Crippen LogP contribution in [0.15, 0.2) is 46.3 Å². The molecular formula is C16H20N6O2. The van der Waals surface area contributed by atoms with Crippen molar-refractivity contribution in [1.29, 1.82) is 0 Å². The molecule has 0 atom stereocenters. The Kier molecular flexibility index (Phi) is 6.07. The van der Waals surface area contributed by atoms with E-state index in [0.29, 0.717) is 29.8 Å². The summed E-state index contributed by atoms with van der Waals surface area (Å²) < 4.78 is 5.34. The summed E-state index contributed by atoms with van der Waals surface area (Å²) in [7, 11) is 0. The lowest BCUT2D eigenvalue weighted by molar-refractivity contribution is 0.252. The Labute approximate surface area is 140 Å². The standard InChI is InChI=1S/C16H20N6O2/c1-4-8-18-16(23)20-13-11-14(22(17-3)9-5-2)21-15(19-13)12-7-6-10-24-12/h5-7,9-11H,3-4,8H2,1-2H3,(H2,18,19,20,21,23)/b9-5-. The van der Waals surface area contributed by atoms with E-state index < -0.39 is 0 Å². The molecule has 0 aromatic carbocycles. The topological polar surface area (TPSA) is 95.7 Å². The Hall–Kier alpha value is -3.16. The smallest absolute Gasteiger partial charge is 0.320 e. The summed E-state index contributed by atoms with van der Waals surface area (Å²) in [6.45, 7) is 7.92. The molecule has 2 rings (SSSR count). The van der Waals surface area contributed by atoms with Crippen LogP contribution in [0.25, 0.3) is 11.6 Å². The van der Waals surface area contributed by atoms with Crippen molar-refractivity contribution in [1.82, 2.24) is 15.3 Å². The monoisotopic (exact) mass is 328 g/mol. The minimum atomic E-state index is -0.337. The third-order valence-electron chi connectivity index (χ3n) is 2.91. The summed E-state index contributed by atoms with van der Waals surface area (Å²) in [4.78, 5) is 20.6. The number of hydrogen-bond donors (Lipinski definition) is 2. The minimum Gasteiger partial charge on any atom is -0.461 e. The van der Waals surface area contributed by atoms with Gasteiger partial charge in [-0.15, -0.1) is 0 Å². The Morgan fingerprint density at radius 2 is 2.33 bits per heavy atom. The van der Waals surface area contributed by atoms with E-state index in [1.807, 2.05) is 13.8 Å². The molecule has 8 heteroatoms. The van der Waals surface area contributed by atoms with Gasteiger partial charge in [0.1, 0.15) is 5.82 Å². The quantitative estimate of drug-likeness (QED) is 0.601. The number of nitrogens with zero attached hydrogens (tertiary/aromatic N) is 4. The van der Waals surface area contributed by atoms with Crippen molar-refractivity contribution >= 4 is 24.4 Å². The number of urea groups is 1. The molecular weight excluding hydrogens is 308 g/mol. The van der Waals surface area contributed by atoms with Crippen LogP contribution in [0, 0.1) is 0 Å². The van der Waals surface area contributed by atoms with Crippen LogP contribution in [-0.2, 0) is 0 Å². The number of carbonyl (C=O) groups excluding carboxylic acids is 1. The Balaban J connectivity index is 2.36. The second-order valence-electron chi connectivity index (χ2n) is 4.76. The van der Waals surface area contributed by atoms with Gasteiger partial charge in [0.2, 0.25) is 0 Å². The zero-order chi connectivity index (χ0) is 17.4. The van der Waals surface area contributed by atoms with Crippen LogP contribution in [0.2, 0.25) is 0 Å². The van der Waals surface area contributed by atoms with Gasteiger partial charge in [-0.3, -0.25) is 5.32 Å². The van der Waals surface area contributed by atoms with E-state index in [0.717, 1.165) is 6.42 Å². The van der Waals surface area contributed by atoms with E-state index in [2.05, 4.69) is 32.4 Å². The molecule has 0 aliphatic carbocycles. The normalized spacial score (nSPS) is 10.6. The van der Waals surface area contributed by atoms with Crippen LogP contribution < -0.4 is 15.6 Å². The Morgan fingerprint density at radius 3 is 2.96 bits per heavy atom. The molecule has 0 saturated heterocycles. The van der Waals surface area contributed by atoms with Crippen LogP contribution in [0.4, 0.5) is 16.4 Å². The number of carbonyl (C=O) groups is 1. The molecule has 0 unspecified atom stereocenters. The maximum Gasteiger partial charge on any atom is 0.320 e. The van der Waals surface area contributed by atoms with E-state index in [4.69, 9.17) is 4.42 Å². The number of rotatable bonds is 7. The molecule has 8 nitrogen and oxygen atoms in total. The second-order valence-corrected chi connectivity index (χ2v) is 4.76. The first-order valence-electron chi connectivity index (χ1n) is 7.54. The lowest BCUT2D eigenvalue weighted by atomic mass is 10.4. The van der Waals surface area contributed by atoms with Crippen molar-refractivity contribution in [3.05, 3.63) is 36.7 Å². The highest BCUT2D eigenvalue weighted by Gasteiger charge is 2.13. The van der Waals surface area contributed by atoms with Gasteiger partial charge in [0, 0.05) is 25.5 Å². The van der Waals surface area contributed by atoms with Crippen LogP contribution in [0.5, 0.6) is 0 Å². The molecule has 0 spiro atoms. The average molecular weight is 328 g/mol. The Morgan fingerprint density at radius 1 is 1.50 bits per heavy atom. The van der Waals surface area contributed by atoms with Gasteiger partial charge in [0.05, 0.1) is 6.26 Å². The zero-order valence-electron chi connectivity index (χ0n) is 13.7. The largest absolute Gasteiger partial charge is 0.461 e. The lowest BCUT2D eigenvalue weighted by Crippen LogP contribution is -2.29. The van der Waals surface area contributed by atoms with Crippen molar-refractivity contribution in [3.8, 4) is 11.6 Å². The highest BCUT2D eigenvalue weighted by atomic mass is 16.3. The van der Waals surface area contributed by atoms with Gasteiger partial charge in [-0.2, -0.15) is 5.10 Å². The molecule has 2 amide bonds. The summed E-state index contributed by atoms with van der Waals surface area (Å²) in [5, 5.41) is 10.8. The van der Waals surface area contributed by atoms with Crippen LogP contribution >= 0.6 is 0 Å². The molecule has 2 N–H and O–H groups in total. The average Bonchev–Trinajstić information content (AvgIpc) is 3.12. The number of allylic oxidation sites excluding steroid dienone is 1. The molecule has 0 aliphatic heterocycles. The van der Waals surface area contributed by atoms with E-state index in [9.17, 15) is 4.79 Å². The molecule has 0 saturated carbocycles. The molecule has 2 aromatic rings. The molecule has 0 fully saturated rings. The number of furan rings is 1. The number of amides is 2. The first kappa shape index (κ1) is 17.2. The number of hydrazone groups is 1. The van der Waals surface area contributed by atoms with Crippen LogP contribution in [-0.4, -0.2) is 29.3 Å². The summed E-state index contributed by atoms with van der Waals surface area (Å²) in [5.41, 5.74) is 0. The van der Waals surface area contributed by atoms with Gasteiger partial charge >= 0.3 is 6.03 Å². The molecule has 2 aromatic heterocycles. The van der Waals surface area contributed by atoms with Crippen molar-refractivity contribution in [2.45, 2.75) is 20.3 Å². The van der Waals surface area contributed by atoms with Gasteiger partial charge in [-0.05, 0) is 25.5 Å². The molecule has 0 bridgehead atoms. The highest BCUT2D eigenvalue weighted by Crippen LogP contribution is 2.23. The van der Waals surface area contributed by atoms with E-state index >= 15 is 0 Å². The number of aromatic nitrogens is 2. The zero-order valence-corrected chi connectivity index (χ0v) is 13.7. The molecule has 0 radical (unpaired) electrons. The maximum atomic E-state index is 11.9. The van der Waals surface area contributed by atoms with Crippen molar-refractivity contribution in [3.63, 3.8) is 0 Å². The first-order chi connectivity index (χ1) is 11.7. The third-order valence-corrected chi connectivity index (χ3v) is 2.91. The SMILES string of the molecule is C=NN(/C=C\C)c1cc(NC(=O)NCCC)nc(-c2ccco2)n1. The fourth-order valence-corrected chi connectivity index (χ4v) is 1.87. The van der Waals surface area contributed by atoms with Gasteiger partial charge in [-0.1, -0.05) is 13.0 Å². The summed E-state index contributed by atoms with van der Waals surface area (Å²) in [6.07, 6.45) is 5.87. The van der Waals surface area contributed by atoms with Crippen LogP contribution in [0.3, 0.4) is 0 Å². The summed E-state index contributed by atoms with van der Waals surface area (Å²) >= 11 is 0. The third kappa shape index (κ3) is 4.42. The van der Waals surface area contributed by atoms with Crippen molar-refractivity contribution in [2.75, 3.05) is 16.9 Å². The molecule has 126 valence electrons. The van der Waals surface area contributed by atoms with Crippen molar-refractivity contribution < 1.29 is 9.21 Å². The van der Waals surface area contributed by atoms with Crippen molar-refractivity contribution in [2.24, 2.45) is 5.10 Å². The molecule has 0 aliphatic rings. The molecule has 2 heterocycles. The van der Waals surface area contributed by atoms with Gasteiger partial charge in [0.25, 0.3) is 0 Å². The van der Waals surface area contributed by atoms with Gasteiger partial charge in [-0.25, -0.2) is 19.8 Å². The predicted octanol–water partition coefficient (Wildman–Crippen LogP) is 3.22. The fraction of sp³-hybridized carbons (Fsp3) is 0.250. The van der Waals surface area contributed by atoms with E-state index in [1.165, 1.54) is 11.3 Å². The minimum absolute atomic E-state index is 0.332. The first-order valence-corrected chi connectivity index (χ1v) is 7.54. The number of nitrogens with one attached hydrogen (secondary N) is 2. The van der Waals surface area contributed by atoms with Gasteiger partial charge in [0.15, 0.2) is 17.4 Å². The number of hydrogen-bond acceptors (Lipinski definition) is 6. The lowest BCUT2D eigenvalue weighted by Gasteiger charge is -2.14. The fourth-order valence-electron chi connectivity index (χ4n) is 1.87. The summed E-state index contributed by atoms with van der Waals surface area (Å²) in [5.74, 6) is 1.60. The van der Waals surface area contributed by atoms with Crippen LogP contribution in [0.1, 0.15) is 20.3 Å².